The van der Waals surface area contributed by atoms with Crippen molar-refractivity contribution in [2.75, 3.05) is 5.73 Å². The molecule has 4 N–H and O–H groups in total. The summed E-state index contributed by atoms with van der Waals surface area (Å²) in [4.78, 5) is 14.0. The molecule has 0 fully saturated rings. The number of nitrogens with zero attached hydrogens (tertiary/aromatic N) is 4. The summed E-state index contributed by atoms with van der Waals surface area (Å²) in [5.74, 6) is 1.80. The van der Waals surface area contributed by atoms with E-state index in [1.165, 1.54) is 0 Å². The third-order valence-electron chi connectivity index (χ3n) is 5.30. The molecule has 1 aromatic carbocycles. The summed E-state index contributed by atoms with van der Waals surface area (Å²) < 4.78 is 8.43. The van der Waals surface area contributed by atoms with E-state index in [1.54, 1.807) is 18.3 Å². The molecule has 4 aromatic rings. The second-order valence-electron chi connectivity index (χ2n) is 7.49. The summed E-state index contributed by atoms with van der Waals surface area (Å²) in [6.07, 6.45) is 9.22. The SMILES string of the molecule is CC.CC1C=CC(c2ccc3nc(-c4cccnc4N)n(-c4ccc(O)cc4)c3n2)=CC1.OCl.[W]. The molecule has 9 heteroatoms. The van der Waals surface area contributed by atoms with Gasteiger partial charge in [-0.05, 0) is 66.4 Å². The zero-order valence-corrected chi connectivity index (χ0v) is 23.4. The van der Waals surface area contributed by atoms with E-state index in [0.29, 0.717) is 17.6 Å². The number of aromatic nitrogens is 4. The fourth-order valence-corrected chi connectivity index (χ4v) is 3.67. The predicted molar refractivity (Wildman–Crippen MR) is 138 cm³/mol. The maximum absolute atomic E-state index is 9.75. The van der Waals surface area contributed by atoms with Crippen molar-refractivity contribution in [1.82, 2.24) is 19.5 Å². The van der Waals surface area contributed by atoms with Crippen LogP contribution in [0.25, 0.3) is 33.8 Å². The predicted octanol–water partition coefficient (Wildman–Crippen LogP) is 5.91. The molecule has 0 spiro atoms. The van der Waals surface area contributed by atoms with Gasteiger partial charge < -0.3 is 10.8 Å². The van der Waals surface area contributed by atoms with Gasteiger partial charge in [-0.15, -0.1) is 0 Å². The number of nitrogens with two attached hydrogens (primary N) is 1. The number of pyridine rings is 2. The molecular weight excluding hydrogens is 634 g/mol. The van der Waals surface area contributed by atoms with Crippen LogP contribution in [0.2, 0.25) is 0 Å². The number of allylic oxidation sites excluding steroid dienone is 4. The summed E-state index contributed by atoms with van der Waals surface area (Å²) in [6, 6.07) is 14.7. The Morgan fingerprint density at radius 1 is 1.03 bits per heavy atom. The Morgan fingerprint density at radius 3 is 2.37 bits per heavy atom. The van der Waals surface area contributed by atoms with Gasteiger partial charge in [-0.1, -0.05) is 39.0 Å². The molecule has 7 nitrogen and oxygen atoms in total. The average Bonchev–Trinajstić information content (AvgIpc) is 3.26. The van der Waals surface area contributed by atoms with Gasteiger partial charge in [0.25, 0.3) is 0 Å². The molecule has 0 saturated carbocycles. The van der Waals surface area contributed by atoms with Crippen LogP contribution in [0.1, 0.15) is 32.9 Å². The molecule has 1 unspecified atom stereocenters. The van der Waals surface area contributed by atoms with Crippen LogP contribution in [0, 0.1) is 5.92 Å². The molecule has 182 valence electrons. The van der Waals surface area contributed by atoms with Crippen LogP contribution in [-0.4, -0.2) is 29.3 Å². The van der Waals surface area contributed by atoms with Gasteiger partial charge >= 0.3 is 0 Å². The molecule has 0 aliphatic heterocycles. The number of aromatic hydroxyl groups is 1. The Balaban J connectivity index is 0.000000823. The standard InChI is InChI=1S/C24H21N5O.C2H6.ClHO.W/c1-15-4-6-16(7-5-15)20-12-13-21-24(27-20)29(17-8-10-18(30)11-9-17)23(28-21)19-3-2-14-26-22(19)25;2*1-2;/h2-4,6-15,30H,5H2,1H3,(H2,25,26);1-2H3;2H;. The molecule has 0 bridgehead atoms. The number of halogens is 1. The number of anilines is 1. The Labute approximate surface area is 224 Å². The van der Waals surface area contributed by atoms with Crippen LogP contribution in [0.5, 0.6) is 5.75 Å². The van der Waals surface area contributed by atoms with Crippen LogP contribution in [0.15, 0.2) is 73.0 Å². The molecule has 3 aromatic heterocycles. The Hall–Kier alpha value is -2.99. The third-order valence-corrected chi connectivity index (χ3v) is 5.30. The first kappa shape index (κ1) is 28.2. The van der Waals surface area contributed by atoms with Crippen LogP contribution >= 0.6 is 11.9 Å². The minimum absolute atomic E-state index is 0. The molecule has 1 aliphatic rings. The molecule has 5 rings (SSSR count). The molecule has 0 amide bonds. The molecule has 1 atom stereocenters. The number of nitrogen functional groups attached to an aromatic ring is 1. The fraction of sp³-hybridized carbons (Fsp3) is 0.192. The van der Waals surface area contributed by atoms with Crippen LogP contribution < -0.4 is 5.73 Å². The molecule has 3 heterocycles. The van der Waals surface area contributed by atoms with E-state index in [0.717, 1.165) is 40.1 Å². The van der Waals surface area contributed by atoms with Crippen molar-refractivity contribution in [3.05, 3.63) is 78.6 Å². The summed E-state index contributed by atoms with van der Waals surface area (Å²) in [6.45, 7) is 6.20. The second-order valence-corrected chi connectivity index (χ2v) is 7.49. The number of phenols is 1. The molecule has 0 saturated heterocycles. The van der Waals surface area contributed by atoms with E-state index < -0.39 is 0 Å². The number of phenolic OH excluding ortho intramolecular Hbond substituents is 1. The normalized spacial score (nSPS) is 14.1. The van der Waals surface area contributed by atoms with E-state index in [-0.39, 0.29) is 26.8 Å². The summed E-state index contributed by atoms with van der Waals surface area (Å²) in [7, 11) is 0. The summed E-state index contributed by atoms with van der Waals surface area (Å²) >= 11 is 3.64. The van der Waals surface area contributed by atoms with Crippen LogP contribution in [0.3, 0.4) is 0 Å². The minimum Gasteiger partial charge on any atom is -0.508 e. The van der Waals surface area contributed by atoms with E-state index >= 15 is 0 Å². The van der Waals surface area contributed by atoms with Gasteiger partial charge in [0.1, 0.15) is 17.1 Å². The smallest absolute Gasteiger partial charge is 0.165 e. The maximum atomic E-state index is 9.75. The van der Waals surface area contributed by atoms with Crippen molar-refractivity contribution >= 4 is 34.4 Å². The number of benzene rings is 1. The average molecular weight is 662 g/mol. The van der Waals surface area contributed by atoms with Crippen LogP contribution in [-0.2, 0) is 21.1 Å². The number of hydrogen-bond donors (Lipinski definition) is 3. The number of fused-ring (bicyclic) bond motifs is 1. The number of rotatable bonds is 3. The topological polar surface area (TPSA) is 110 Å². The van der Waals surface area contributed by atoms with Crippen molar-refractivity contribution in [2.24, 2.45) is 5.92 Å². The van der Waals surface area contributed by atoms with Gasteiger partial charge in [0.2, 0.25) is 0 Å². The molecule has 35 heavy (non-hydrogen) atoms. The van der Waals surface area contributed by atoms with Gasteiger partial charge in [-0.2, -0.15) is 0 Å². The third kappa shape index (κ3) is 6.17. The van der Waals surface area contributed by atoms with Crippen molar-refractivity contribution < 1.29 is 30.8 Å². The van der Waals surface area contributed by atoms with Gasteiger partial charge in [-0.25, -0.2) is 15.0 Å². The van der Waals surface area contributed by atoms with E-state index in [2.05, 4.69) is 42.0 Å². The van der Waals surface area contributed by atoms with Crippen molar-refractivity contribution in [3.63, 3.8) is 0 Å². The zero-order chi connectivity index (χ0) is 24.7. The van der Waals surface area contributed by atoms with Crippen molar-refractivity contribution in [1.29, 1.82) is 0 Å². The second kappa shape index (κ2) is 13.2. The first-order valence-electron chi connectivity index (χ1n) is 11.1. The van der Waals surface area contributed by atoms with Crippen molar-refractivity contribution in [2.45, 2.75) is 27.2 Å². The Morgan fingerprint density at radius 2 is 1.74 bits per heavy atom. The quantitative estimate of drug-likeness (QED) is 0.252. The Bertz CT molecular complexity index is 1320. The van der Waals surface area contributed by atoms with E-state index in [1.807, 2.05) is 54.8 Å². The van der Waals surface area contributed by atoms with Crippen LogP contribution in [0.4, 0.5) is 5.82 Å². The monoisotopic (exact) mass is 661 g/mol. The van der Waals surface area contributed by atoms with Gasteiger partial charge in [0.05, 0.1) is 23.1 Å². The Kier molecular flexibility index (Phi) is 10.6. The van der Waals surface area contributed by atoms with Crippen molar-refractivity contribution in [3.8, 4) is 22.8 Å². The molecule has 1 aliphatic carbocycles. The zero-order valence-electron chi connectivity index (χ0n) is 19.8. The van der Waals surface area contributed by atoms with Gasteiger partial charge in [-0.3, -0.25) is 9.23 Å². The molecular formula is C26H28ClN5O2W. The first-order chi connectivity index (χ1) is 16.6. The number of imidazole rings is 1. The molecule has 0 radical (unpaired) electrons. The maximum Gasteiger partial charge on any atom is 0.165 e. The van der Waals surface area contributed by atoms with Gasteiger partial charge in [0.15, 0.2) is 11.5 Å². The van der Waals surface area contributed by atoms with E-state index in [4.69, 9.17) is 20.4 Å². The first-order valence-corrected chi connectivity index (χ1v) is 11.4. The minimum atomic E-state index is 0. The van der Waals surface area contributed by atoms with Gasteiger partial charge in [0, 0.05) is 32.9 Å². The largest absolute Gasteiger partial charge is 0.508 e. The summed E-state index contributed by atoms with van der Waals surface area (Å²) in [5.41, 5.74) is 11.2. The summed E-state index contributed by atoms with van der Waals surface area (Å²) in [5, 5.41) is 9.75. The fourth-order valence-electron chi connectivity index (χ4n) is 3.67. The van der Waals surface area contributed by atoms with E-state index in [9.17, 15) is 5.11 Å². The number of hydrogen-bond acceptors (Lipinski definition) is 6.